The number of rotatable bonds is 1. The van der Waals surface area contributed by atoms with Crippen LogP contribution in [0.5, 0.6) is 0 Å². The van der Waals surface area contributed by atoms with Gasteiger partial charge >= 0.3 is 0 Å². The third-order valence-electron chi connectivity index (χ3n) is 3.26. The lowest BCUT2D eigenvalue weighted by Crippen LogP contribution is -2.36. The molecule has 0 amide bonds. The van der Waals surface area contributed by atoms with E-state index in [0.717, 1.165) is 38.4 Å². The minimum atomic E-state index is 0.612. The van der Waals surface area contributed by atoms with Gasteiger partial charge in [0.15, 0.2) is 4.77 Å². The second-order valence-electron chi connectivity index (χ2n) is 4.35. The Morgan fingerprint density at radius 3 is 2.94 bits per heavy atom. The van der Waals surface area contributed by atoms with E-state index in [4.69, 9.17) is 12.2 Å². The van der Waals surface area contributed by atoms with Crippen LogP contribution in [0.4, 0.5) is 5.82 Å². The molecule has 0 aliphatic carbocycles. The number of nitrogens with one attached hydrogen (secondary N) is 2. The van der Waals surface area contributed by atoms with E-state index in [-0.39, 0.29) is 0 Å². The number of fused-ring (bicyclic) bond motifs is 1. The number of nitrogens with zero attached hydrogens (tertiary/aromatic N) is 2. The summed E-state index contributed by atoms with van der Waals surface area (Å²) in [6, 6.07) is 0. The zero-order valence-corrected chi connectivity index (χ0v) is 11.3. The van der Waals surface area contributed by atoms with Crippen LogP contribution in [0.25, 0.3) is 0 Å². The van der Waals surface area contributed by atoms with Crippen molar-refractivity contribution in [3.05, 3.63) is 16.0 Å². The van der Waals surface area contributed by atoms with E-state index in [1.807, 2.05) is 11.8 Å². The van der Waals surface area contributed by atoms with Crippen LogP contribution in [-0.4, -0.2) is 41.1 Å². The number of hydrogen-bond acceptors (Lipinski definition) is 5. The van der Waals surface area contributed by atoms with Crippen molar-refractivity contribution in [1.82, 2.24) is 15.3 Å². The largest absolute Gasteiger partial charge is 0.355 e. The molecule has 3 heterocycles. The Morgan fingerprint density at radius 1 is 1.29 bits per heavy atom. The van der Waals surface area contributed by atoms with Crippen LogP contribution in [0.1, 0.15) is 11.3 Å². The lowest BCUT2D eigenvalue weighted by atomic mass is 10.1. The maximum atomic E-state index is 5.23. The molecule has 3 rings (SSSR count). The number of aromatic nitrogens is 2. The molecule has 0 unspecified atom stereocenters. The first kappa shape index (κ1) is 11.5. The zero-order valence-electron chi connectivity index (χ0n) is 9.66. The first-order valence-corrected chi connectivity index (χ1v) is 7.56. The standard InChI is InChI=1S/C11H16N4S2/c16-11-13-9-7-12-2-1-8(9)10(14-11)15-3-5-17-6-4-15/h12H,1-7H2,(H,13,14,16). The molecule has 0 aromatic carbocycles. The fourth-order valence-corrected chi connectivity index (χ4v) is 3.52. The van der Waals surface area contributed by atoms with Crippen molar-refractivity contribution < 1.29 is 0 Å². The van der Waals surface area contributed by atoms with Gasteiger partial charge in [0, 0.05) is 42.4 Å². The Hall–Kier alpha value is -0.590. The molecule has 0 atom stereocenters. The SMILES string of the molecule is S=c1nc(N2CCSCC2)c2c([nH]1)CNCC2. The summed E-state index contributed by atoms with van der Waals surface area (Å²) in [5, 5.41) is 3.37. The molecule has 1 fully saturated rings. The summed E-state index contributed by atoms with van der Waals surface area (Å²) in [4.78, 5) is 10.2. The van der Waals surface area contributed by atoms with Gasteiger partial charge < -0.3 is 15.2 Å². The van der Waals surface area contributed by atoms with Crippen molar-refractivity contribution in [3.8, 4) is 0 Å². The van der Waals surface area contributed by atoms with Gasteiger partial charge in [-0.15, -0.1) is 0 Å². The molecule has 1 aromatic heterocycles. The van der Waals surface area contributed by atoms with E-state index in [0.29, 0.717) is 4.77 Å². The van der Waals surface area contributed by atoms with Crippen LogP contribution in [0.3, 0.4) is 0 Å². The Kier molecular flexibility index (Phi) is 3.35. The average Bonchev–Trinajstić information content (AvgIpc) is 2.39. The molecule has 4 nitrogen and oxygen atoms in total. The van der Waals surface area contributed by atoms with Crippen molar-refractivity contribution in [2.45, 2.75) is 13.0 Å². The molecule has 6 heteroatoms. The van der Waals surface area contributed by atoms with Gasteiger partial charge in [0.25, 0.3) is 0 Å². The van der Waals surface area contributed by atoms with Crippen LogP contribution < -0.4 is 10.2 Å². The van der Waals surface area contributed by atoms with Crippen LogP contribution in [-0.2, 0) is 13.0 Å². The third kappa shape index (κ3) is 2.34. The average molecular weight is 268 g/mol. The minimum absolute atomic E-state index is 0.612. The summed E-state index contributed by atoms with van der Waals surface area (Å²) in [6.07, 6.45) is 1.05. The van der Waals surface area contributed by atoms with Gasteiger partial charge in [0.1, 0.15) is 5.82 Å². The Labute approximate surface area is 110 Å². The maximum absolute atomic E-state index is 5.23. The molecule has 17 heavy (non-hydrogen) atoms. The molecule has 1 saturated heterocycles. The van der Waals surface area contributed by atoms with E-state index < -0.39 is 0 Å². The fraction of sp³-hybridized carbons (Fsp3) is 0.636. The number of hydrogen-bond donors (Lipinski definition) is 2. The van der Waals surface area contributed by atoms with Crippen molar-refractivity contribution in [2.75, 3.05) is 36.0 Å². The van der Waals surface area contributed by atoms with E-state index >= 15 is 0 Å². The Bertz CT molecular complexity index is 465. The minimum Gasteiger partial charge on any atom is -0.355 e. The first-order chi connectivity index (χ1) is 8.34. The molecule has 1 aromatic rings. The van der Waals surface area contributed by atoms with E-state index in [1.54, 1.807) is 0 Å². The Morgan fingerprint density at radius 2 is 2.12 bits per heavy atom. The molecule has 0 bridgehead atoms. The monoisotopic (exact) mass is 268 g/mol. The van der Waals surface area contributed by atoms with Crippen LogP contribution in [0.2, 0.25) is 0 Å². The predicted octanol–water partition coefficient (Wildman–Crippen LogP) is 1.34. The summed E-state index contributed by atoms with van der Waals surface area (Å²) < 4.78 is 0.612. The predicted molar refractivity (Wildman–Crippen MR) is 74.4 cm³/mol. The molecule has 0 radical (unpaired) electrons. The van der Waals surface area contributed by atoms with Gasteiger partial charge in [-0.05, 0) is 25.2 Å². The second kappa shape index (κ2) is 4.96. The summed E-state index contributed by atoms with van der Waals surface area (Å²) in [5.41, 5.74) is 2.59. The fourth-order valence-electron chi connectivity index (χ4n) is 2.41. The van der Waals surface area contributed by atoms with Gasteiger partial charge in [-0.25, -0.2) is 4.98 Å². The van der Waals surface area contributed by atoms with Gasteiger partial charge in [0.2, 0.25) is 0 Å². The molecule has 2 aliphatic heterocycles. The third-order valence-corrected chi connectivity index (χ3v) is 4.40. The van der Waals surface area contributed by atoms with Gasteiger partial charge in [-0.1, -0.05) is 0 Å². The van der Waals surface area contributed by atoms with Crippen molar-refractivity contribution in [1.29, 1.82) is 0 Å². The lowest BCUT2D eigenvalue weighted by molar-refractivity contribution is 0.618. The molecule has 2 aliphatic rings. The lowest BCUT2D eigenvalue weighted by Gasteiger charge is -2.31. The summed E-state index contributed by atoms with van der Waals surface area (Å²) in [6.45, 7) is 4.11. The van der Waals surface area contributed by atoms with Crippen molar-refractivity contribution in [3.63, 3.8) is 0 Å². The topological polar surface area (TPSA) is 44.0 Å². The maximum Gasteiger partial charge on any atom is 0.199 e. The summed E-state index contributed by atoms with van der Waals surface area (Å²) in [7, 11) is 0. The van der Waals surface area contributed by atoms with E-state index in [2.05, 4.69) is 20.2 Å². The second-order valence-corrected chi connectivity index (χ2v) is 5.96. The normalized spacial score (nSPS) is 20.1. The van der Waals surface area contributed by atoms with Gasteiger partial charge in [-0.3, -0.25) is 0 Å². The highest BCUT2D eigenvalue weighted by molar-refractivity contribution is 7.99. The quantitative estimate of drug-likeness (QED) is 0.753. The van der Waals surface area contributed by atoms with Gasteiger partial charge in [-0.2, -0.15) is 11.8 Å². The molecule has 0 spiro atoms. The van der Waals surface area contributed by atoms with Crippen LogP contribution >= 0.6 is 24.0 Å². The molecule has 0 saturated carbocycles. The molecular weight excluding hydrogens is 252 g/mol. The number of thioether (sulfide) groups is 1. The van der Waals surface area contributed by atoms with Crippen LogP contribution in [0.15, 0.2) is 0 Å². The number of H-pyrrole nitrogens is 1. The van der Waals surface area contributed by atoms with Gasteiger partial charge in [0.05, 0.1) is 0 Å². The molecular formula is C11H16N4S2. The van der Waals surface area contributed by atoms with E-state index in [9.17, 15) is 0 Å². The molecule has 92 valence electrons. The smallest absolute Gasteiger partial charge is 0.199 e. The molecule has 2 N–H and O–H groups in total. The highest BCUT2D eigenvalue weighted by Crippen LogP contribution is 2.25. The van der Waals surface area contributed by atoms with Crippen LogP contribution in [0, 0.1) is 4.77 Å². The number of aromatic amines is 1. The highest BCUT2D eigenvalue weighted by Gasteiger charge is 2.20. The highest BCUT2D eigenvalue weighted by atomic mass is 32.2. The first-order valence-electron chi connectivity index (χ1n) is 6.00. The van der Waals surface area contributed by atoms with Crippen molar-refractivity contribution in [2.24, 2.45) is 0 Å². The van der Waals surface area contributed by atoms with E-state index in [1.165, 1.54) is 22.8 Å². The summed E-state index contributed by atoms with van der Waals surface area (Å²) in [5.74, 6) is 3.52. The van der Waals surface area contributed by atoms with Crippen molar-refractivity contribution >= 4 is 29.8 Å². The zero-order chi connectivity index (χ0) is 11.7. The Balaban J connectivity index is 2.01. The number of anilines is 1. The summed E-state index contributed by atoms with van der Waals surface area (Å²) >= 11 is 7.25.